The highest BCUT2D eigenvalue weighted by Crippen LogP contribution is 2.41. The van der Waals surface area contributed by atoms with Gasteiger partial charge in [0, 0.05) is 6.61 Å². The molecule has 4 saturated heterocycles. The molecule has 4 fully saturated rings. The lowest BCUT2D eigenvalue weighted by Crippen LogP contribution is -2.68. The lowest BCUT2D eigenvalue weighted by Gasteiger charge is -2.50. The molecule has 4 aliphatic rings. The molecule has 0 aromatic carbocycles. The van der Waals surface area contributed by atoms with Crippen LogP contribution in [0.4, 0.5) is 0 Å². The summed E-state index contributed by atoms with van der Waals surface area (Å²) in [5.74, 6) is 0. The van der Waals surface area contributed by atoms with E-state index in [-0.39, 0.29) is 13.0 Å². The maximum Gasteiger partial charge on any atom is 0.397 e. The predicted molar refractivity (Wildman–Crippen MR) is 259 cm³/mol. The minimum Gasteiger partial charge on any atom is -0.350 e. The molecule has 85 heavy (non-hydrogen) atoms. The van der Waals surface area contributed by atoms with Crippen LogP contribution < -0.4 is 0 Å². The van der Waals surface area contributed by atoms with E-state index in [9.17, 15) is 117 Å². The van der Waals surface area contributed by atoms with Gasteiger partial charge in [-0.1, -0.05) is 39.0 Å². The molecular formula is C32H58O44S9. The normalized spacial score (nSPS) is 35.4. The topological polar surface area (TPSA) is 646 Å². The highest BCUT2D eigenvalue weighted by molar-refractivity contribution is 7.82. The van der Waals surface area contributed by atoms with Crippen LogP contribution >= 0.6 is 0 Å². The van der Waals surface area contributed by atoms with Crippen molar-refractivity contribution in [3.05, 3.63) is 0 Å². The van der Waals surface area contributed by atoms with Gasteiger partial charge in [0.05, 0.1) is 24.4 Å². The first-order valence-electron chi connectivity index (χ1n) is 23.4. The van der Waals surface area contributed by atoms with Gasteiger partial charge in [-0.25, -0.2) is 37.6 Å². The third-order valence-corrected chi connectivity index (χ3v) is 15.8. The van der Waals surface area contributed by atoms with Crippen molar-refractivity contribution >= 4 is 93.6 Å². The minimum absolute atomic E-state index is 0.224. The van der Waals surface area contributed by atoms with Crippen LogP contribution in [0.15, 0.2) is 0 Å². The smallest absolute Gasteiger partial charge is 0.350 e. The fourth-order valence-corrected chi connectivity index (χ4v) is 13.2. The summed E-state index contributed by atoms with van der Waals surface area (Å²) in [6.07, 6.45) is -50.5. The van der Waals surface area contributed by atoms with Crippen molar-refractivity contribution in [1.82, 2.24) is 0 Å². The summed E-state index contributed by atoms with van der Waals surface area (Å²) in [4.78, 5) is 0. The number of unbranched alkanes of at least 4 members (excludes halogenated alkanes) is 5. The Balaban J connectivity index is 1.92. The highest BCUT2D eigenvalue weighted by Gasteiger charge is 2.61. The van der Waals surface area contributed by atoms with Crippen molar-refractivity contribution in [1.29, 1.82) is 0 Å². The van der Waals surface area contributed by atoms with Gasteiger partial charge in [0.15, 0.2) is 49.6 Å². The molecule has 0 aliphatic carbocycles. The SMILES string of the molecule is CCCCCCCCO[C@H]1O[C@@H](C)[C@@H](O[C@@H]2O[C@@H](C)[C@@H](OS(=O)(=O)O)[C@@H](O[C@@H]3O[C@@H](C)[C@@H](O[C@@H]4O[C@@H](C)[C@@H](OS(=O)(=O)O)[C@@H](OS(=O)(=O)O)[C@@H]4OS(=O)(=O)O)[C@@H](OS(=O)(=O)O)[C@@H]3OS(=O)(=O)O)[C@@H]2OS(=O)(=O)O)[C@@H](OS(=O)(=O)O)[C@@H]1OS(=O)(=O)O. The van der Waals surface area contributed by atoms with Crippen LogP contribution in [0.1, 0.15) is 73.1 Å². The predicted octanol–water partition coefficient (Wildman–Crippen LogP) is -3.81. The summed E-state index contributed by atoms with van der Waals surface area (Å²) in [6.45, 7) is 4.68. The Morgan fingerprint density at radius 3 is 0.800 bits per heavy atom. The van der Waals surface area contributed by atoms with Gasteiger partial charge in [-0.2, -0.15) is 75.8 Å². The molecule has 9 N–H and O–H groups in total. The van der Waals surface area contributed by atoms with Gasteiger partial charge in [0.1, 0.15) is 48.8 Å². The monoisotopic (exact) mass is 1430 g/mol. The largest absolute Gasteiger partial charge is 0.397 e. The van der Waals surface area contributed by atoms with Crippen molar-refractivity contribution in [3.8, 4) is 0 Å². The zero-order valence-corrected chi connectivity index (χ0v) is 50.8. The van der Waals surface area contributed by atoms with E-state index in [1.807, 2.05) is 6.92 Å². The first kappa shape index (κ1) is 76.0. The number of rotatable bonds is 32. The number of hydrogen-bond acceptors (Lipinski definition) is 35. The van der Waals surface area contributed by atoms with Crippen LogP contribution in [-0.4, -0.2) is 246 Å². The van der Waals surface area contributed by atoms with E-state index in [2.05, 4.69) is 33.5 Å². The van der Waals surface area contributed by atoms with Crippen LogP contribution in [0, 0.1) is 0 Å². The minimum atomic E-state index is -6.26. The van der Waals surface area contributed by atoms with E-state index in [1.54, 1.807) is 0 Å². The van der Waals surface area contributed by atoms with Gasteiger partial charge in [-0.05, 0) is 34.1 Å². The van der Waals surface area contributed by atoms with Crippen molar-refractivity contribution in [2.45, 2.75) is 196 Å². The van der Waals surface area contributed by atoms with Crippen molar-refractivity contribution in [2.75, 3.05) is 6.61 Å². The quantitative estimate of drug-likeness (QED) is 0.0230. The Morgan fingerprint density at radius 2 is 0.482 bits per heavy atom. The molecule has 4 aliphatic heterocycles. The van der Waals surface area contributed by atoms with Crippen molar-refractivity contribution in [2.24, 2.45) is 0 Å². The van der Waals surface area contributed by atoms with Gasteiger partial charge in [0.25, 0.3) is 0 Å². The van der Waals surface area contributed by atoms with Gasteiger partial charge in [-0.15, -0.1) is 0 Å². The molecule has 504 valence electrons. The average molecular weight is 1440 g/mol. The second-order valence-electron chi connectivity index (χ2n) is 18.2. The van der Waals surface area contributed by atoms with Crippen LogP contribution in [0.5, 0.6) is 0 Å². The molecule has 20 atom stereocenters. The maximum absolute atomic E-state index is 12.7. The van der Waals surface area contributed by atoms with Gasteiger partial charge < -0.3 is 37.9 Å². The molecule has 4 rings (SSSR count). The van der Waals surface area contributed by atoms with Gasteiger partial charge in [0.2, 0.25) is 0 Å². The molecule has 44 nitrogen and oxygen atoms in total. The van der Waals surface area contributed by atoms with Crippen LogP contribution in [-0.2, 0) is 169 Å². The summed E-state index contributed by atoms with van der Waals surface area (Å²) in [7, 11) is -54.2. The zero-order valence-electron chi connectivity index (χ0n) is 43.5. The third kappa shape index (κ3) is 25.6. The summed E-state index contributed by atoms with van der Waals surface area (Å²) >= 11 is 0. The van der Waals surface area contributed by atoms with Crippen molar-refractivity contribution in [3.63, 3.8) is 0 Å². The van der Waals surface area contributed by atoms with Gasteiger partial charge >= 0.3 is 93.6 Å². The van der Waals surface area contributed by atoms with Crippen LogP contribution in [0.2, 0.25) is 0 Å². The molecular weight excluding hydrogens is 1380 g/mol. The van der Waals surface area contributed by atoms with E-state index in [4.69, 9.17) is 42.1 Å². The summed E-state index contributed by atoms with van der Waals surface area (Å²) in [5, 5.41) is 0. The molecule has 0 aromatic heterocycles. The molecule has 0 aromatic rings. The summed E-state index contributed by atoms with van der Waals surface area (Å²) in [5.41, 5.74) is 0. The Bertz CT molecular complexity index is 3290. The van der Waals surface area contributed by atoms with Crippen LogP contribution in [0.25, 0.3) is 0 Å². The first-order chi connectivity index (χ1) is 38.3. The molecule has 0 bridgehead atoms. The average Bonchev–Trinajstić information content (AvgIpc) is 1.08. The fraction of sp³-hybridized carbons (Fsp3) is 1.00. The van der Waals surface area contributed by atoms with Gasteiger partial charge in [-0.3, -0.25) is 41.0 Å². The summed E-state index contributed by atoms with van der Waals surface area (Å²) in [6, 6.07) is 0. The Morgan fingerprint density at radius 1 is 0.271 bits per heavy atom. The summed E-state index contributed by atoms with van der Waals surface area (Å²) < 4.78 is 395. The molecule has 0 spiro atoms. The number of ether oxygens (including phenoxy) is 8. The fourth-order valence-electron chi connectivity index (χ4n) is 8.70. The first-order valence-corrected chi connectivity index (χ1v) is 35.7. The zero-order chi connectivity index (χ0) is 65.0. The van der Waals surface area contributed by atoms with Crippen molar-refractivity contribution < 1.29 is 192 Å². The number of hydrogen-bond donors (Lipinski definition) is 9. The molecule has 0 saturated carbocycles. The van der Waals surface area contributed by atoms with E-state index in [1.165, 1.54) is 0 Å². The third-order valence-electron chi connectivity index (χ3n) is 11.7. The lowest BCUT2D eigenvalue weighted by atomic mass is 9.96. The Hall–Kier alpha value is -1.49. The molecule has 0 radical (unpaired) electrons. The second-order valence-corrected chi connectivity index (χ2v) is 27.6. The highest BCUT2D eigenvalue weighted by atomic mass is 32.3. The van der Waals surface area contributed by atoms with E-state index in [0.717, 1.165) is 33.1 Å². The Labute approximate surface area is 485 Å². The molecule has 0 amide bonds. The van der Waals surface area contributed by atoms with Crippen LogP contribution in [0.3, 0.4) is 0 Å². The van der Waals surface area contributed by atoms with E-state index < -0.39 is 216 Å². The lowest BCUT2D eigenvalue weighted by molar-refractivity contribution is -0.374. The molecule has 53 heteroatoms. The molecule has 4 heterocycles. The second kappa shape index (κ2) is 29.4. The van der Waals surface area contributed by atoms with E-state index in [0.29, 0.717) is 26.7 Å². The standard InChI is InChI=1S/C32H58O44S9/c1-6-7-8-9-10-11-12-60-29-26(74-83(51,52)53)22(70-79(39,40)41)17(13(2)61-29)65-30-25(73-82(48,49)50)21(19(15(4)63-30)68-77(33,34)35)67-32-27(75-84(54,55)56)23(71-80(42,43)44)18(14(3)62-32)66-31-28(76-85(57,58)59)24(72-81(45,46)47)20(16(5)64-31)69-78(36,37)38/h13-32H,6-12H2,1-5H3,(H,33,34,35)(H,36,37,38)(H,39,40,41)(H,42,43,44)(H,45,46,47)(H,48,49,50)(H,51,52,53)(H,54,55,56)(H,57,58,59)/t13-,14-,15-,16-,17+,18+,19+,20+,21+,22+,23+,24+,25-,26-,27-,28-,29-,30-,31-,32-/m0/s1. The molecule has 0 unspecified atom stereocenters. The van der Waals surface area contributed by atoms with E-state index >= 15 is 0 Å². The maximum atomic E-state index is 12.7. The Kier molecular flexibility index (Phi) is 26.3.